The van der Waals surface area contributed by atoms with Gasteiger partial charge in [0.25, 0.3) is 0 Å². The molecule has 0 radical (unpaired) electrons. The molecule has 2 unspecified atom stereocenters. The van der Waals surface area contributed by atoms with Gasteiger partial charge in [-0.2, -0.15) is 0 Å². The number of hydrogen-bond donors (Lipinski definition) is 1. The molecule has 0 heterocycles. The Hall–Kier alpha value is -0.930. The number of rotatable bonds is 6. The zero-order valence-electron chi connectivity index (χ0n) is 14.0. The second-order valence-electron chi connectivity index (χ2n) is 6.92. The quantitative estimate of drug-likeness (QED) is 0.819. The van der Waals surface area contributed by atoms with E-state index in [9.17, 15) is 0 Å². The smallest absolute Gasteiger partial charge is 0.146 e. The fourth-order valence-electron chi connectivity index (χ4n) is 2.90. The number of methoxy groups -OCH3 is 2. The van der Waals surface area contributed by atoms with E-state index in [2.05, 4.69) is 27.7 Å². The van der Waals surface area contributed by atoms with Crippen molar-refractivity contribution in [3.05, 3.63) is 22.7 Å². The molecular formula is C17H28ClNO2. The molecule has 0 fully saturated rings. The van der Waals surface area contributed by atoms with E-state index in [4.69, 9.17) is 26.8 Å². The van der Waals surface area contributed by atoms with Gasteiger partial charge in [0.2, 0.25) is 0 Å². The van der Waals surface area contributed by atoms with Gasteiger partial charge in [-0.3, -0.25) is 0 Å². The lowest BCUT2D eigenvalue weighted by molar-refractivity contribution is 0.284. The van der Waals surface area contributed by atoms with Gasteiger partial charge >= 0.3 is 0 Å². The number of halogens is 1. The Balaban J connectivity index is 2.92. The van der Waals surface area contributed by atoms with E-state index in [1.807, 2.05) is 12.1 Å². The third-order valence-corrected chi connectivity index (χ3v) is 3.89. The van der Waals surface area contributed by atoms with Crippen LogP contribution in [0.3, 0.4) is 0 Å². The molecule has 0 spiro atoms. The van der Waals surface area contributed by atoms with E-state index in [0.717, 1.165) is 18.4 Å². The molecule has 3 nitrogen and oxygen atoms in total. The predicted molar refractivity (Wildman–Crippen MR) is 89.3 cm³/mol. The molecule has 2 N–H and O–H groups in total. The molecule has 21 heavy (non-hydrogen) atoms. The van der Waals surface area contributed by atoms with Gasteiger partial charge in [0, 0.05) is 11.6 Å². The highest BCUT2D eigenvalue weighted by Gasteiger charge is 2.22. The lowest BCUT2D eigenvalue weighted by atomic mass is 9.82. The minimum Gasteiger partial charge on any atom is -0.495 e. The molecule has 0 bridgehead atoms. The topological polar surface area (TPSA) is 44.5 Å². The van der Waals surface area contributed by atoms with E-state index in [0.29, 0.717) is 27.9 Å². The van der Waals surface area contributed by atoms with E-state index in [1.54, 1.807) is 14.2 Å². The Bertz CT molecular complexity index is 469. The zero-order valence-corrected chi connectivity index (χ0v) is 14.8. The highest BCUT2D eigenvalue weighted by Crippen LogP contribution is 2.40. The number of nitrogens with two attached hydrogens (primary N) is 1. The summed E-state index contributed by atoms with van der Waals surface area (Å²) in [5.41, 5.74) is 7.61. The van der Waals surface area contributed by atoms with Crippen LogP contribution in [0.5, 0.6) is 11.5 Å². The third kappa shape index (κ3) is 5.08. The van der Waals surface area contributed by atoms with Gasteiger partial charge in [-0.25, -0.2) is 0 Å². The fraction of sp³-hybridized carbons (Fsp3) is 0.647. The molecule has 1 rings (SSSR count). The van der Waals surface area contributed by atoms with Crippen molar-refractivity contribution in [3.8, 4) is 11.5 Å². The van der Waals surface area contributed by atoms with Crippen molar-refractivity contribution in [1.82, 2.24) is 0 Å². The van der Waals surface area contributed by atoms with Crippen LogP contribution in [0.1, 0.15) is 52.1 Å². The van der Waals surface area contributed by atoms with Crippen molar-refractivity contribution in [2.24, 2.45) is 17.1 Å². The van der Waals surface area contributed by atoms with Crippen LogP contribution in [0.25, 0.3) is 0 Å². The minimum absolute atomic E-state index is 0.0966. The third-order valence-electron chi connectivity index (χ3n) is 3.53. The second-order valence-corrected chi connectivity index (χ2v) is 7.29. The highest BCUT2D eigenvalue weighted by molar-refractivity contribution is 6.33. The maximum atomic E-state index is 6.37. The molecule has 2 atom stereocenters. The fourth-order valence-corrected chi connectivity index (χ4v) is 3.23. The largest absolute Gasteiger partial charge is 0.495 e. The normalized spacial score (nSPS) is 14.7. The molecule has 4 heteroatoms. The van der Waals surface area contributed by atoms with Gasteiger partial charge in [0.1, 0.15) is 16.5 Å². The molecule has 1 aromatic carbocycles. The minimum atomic E-state index is -0.0966. The molecule has 0 aliphatic heterocycles. The molecule has 120 valence electrons. The van der Waals surface area contributed by atoms with E-state index in [1.165, 1.54) is 0 Å². The summed E-state index contributed by atoms with van der Waals surface area (Å²) in [4.78, 5) is 0. The van der Waals surface area contributed by atoms with Gasteiger partial charge in [-0.05, 0) is 36.3 Å². The van der Waals surface area contributed by atoms with Crippen LogP contribution in [-0.4, -0.2) is 14.2 Å². The Morgan fingerprint density at radius 3 is 2.29 bits per heavy atom. The molecule has 0 aromatic heterocycles. The number of hydrogen-bond acceptors (Lipinski definition) is 3. The predicted octanol–water partition coefficient (Wildman–Crippen LogP) is 4.82. The van der Waals surface area contributed by atoms with Crippen LogP contribution < -0.4 is 15.2 Å². The Morgan fingerprint density at radius 2 is 1.81 bits per heavy atom. The van der Waals surface area contributed by atoms with Crippen molar-refractivity contribution in [2.75, 3.05) is 14.2 Å². The summed E-state index contributed by atoms with van der Waals surface area (Å²) in [7, 11) is 3.20. The summed E-state index contributed by atoms with van der Waals surface area (Å²) >= 11 is 6.30. The van der Waals surface area contributed by atoms with Gasteiger partial charge in [0.15, 0.2) is 0 Å². The van der Waals surface area contributed by atoms with Crippen LogP contribution in [0.15, 0.2) is 12.1 Å². The van der Waals surface area contributed by atoms with E-state index < -0.39 is 0 Å². The Labute approximate surface area is 133 Å². The van der Waals surface area contributed by atoms with Gasteiger partial charge in [-0.1, -0.05) is 39.3 Å². The zero-order chi connectivity index (χ0) is 16.2. The Morgan fingerprint density at radius 1 is 1.19 bits per heavy atom. The van der Waals surface area contributed by atoms with Crippen molar-refractivity contribution in [1.29, 1.82) is 0 Å². The molecule has 0 saturated heterocycles. The summed E-state index contributed by atoms with van der Waals surface area (Å²) in [6.45, 7) is 8.99. The summed E-state index contributed by atoms with van der Waals surface area (Å²) < 4.78 is 10.6. The van der Waals surface area contributed by atoms with Crippen LogP contribution >= 0.6 is 11.6 Å². The first-order valence-corrected chi connectivity index (χ1v) is 7.73. The van der Waals surface area contributed by atoms with Crippen LogP contribution in [0, 0.1) is 11.3 Å². The van der Waals surface area contributed by atoms with E-state index in [-0.39, 0.29) is 6.04 Å². The average Bonchev–Trinajstić information content (AvgIpc) is 2.35. The lowest BCUT2D eigenvalue weighted by Gasteiger charge is -2.26. The number of benzene rings is 1. The molecule has 1 aromatic rings. The highest BCUT2D eigenvalue weighted by atomic mass is 35.5. The standard InChI is InChI=1S/C17H28ClNO2/c1-11(10-17(2,3)4)9-13(19)12-7-8-14(20-5)15(18)16(12)21-6/h7-8,11,13H,9-10,19H2,1-6H3. The summed E-state index contributed by atoms with van der Waals surface area (Å²) in [6.07, 6.45) is 2.03. The maximum Gasteiger partial charge on any atom is 0.146 e. The SMILES string of the molecule is COc1ccc(C(N)CC(C)CC(C)(C)C)c(OC)c1Cl. The first-order chi connectivity index (χ1) is 9.69. The van der Waals surface area contributed by atoms with E-state index >= 15 is 0 Å². The first-order valence-electron chi connectivity index (χ1n) is 7.35. The second kappa shape index (κ2) is 7.37. The number of ether oxygens (including phenoxy) is 2. The molecule has 0 aliphatic rings. The van der Waals surface area contributed by atoms with Crippen LogP contribution in [0.4, 0.5) is 0 Å². The van der Waals surface area contributed by atoms with Crippen molar-refractivity contribution in [2.45, 2.75) is 46.6 Å². The van der Waals surface area contributed by atoms with Crippen LogP contribution in [-0.2, 0) is 0 Å². The summed E-state index contributed by atoms with van der Waals surface area (Å²) in [5, 5.41) is 0.483. The summed E-state index contributed by atoms with van der Waals surface area (Å²) in [6, 6.07) is 3.69. The first kappa shape index (κ1) is 18.1. The Kier molecular flexibility index (Phi) is 6.36. The van der Waals surface area contributed by atoms with Gasteiger partial charge in [0.05, 0.1) is 14.2 Å². The van der Waals surface area contributed by atoms with Crippen LogP contribution in [0.2, 0.25) is 5.02 Å². The van der Waals surface area contributed by atoms with Gasteiger partial charge in [-0.15, -0.1) is 0 Å². The lowest BCUT2D eigenvalue weighted by Crippen LogP contribution is -2.18. The molecule has 0 amide bonds. The maximum absolute atomic E-state index is 6.37. The van der Waals surface area contributed by atoms with Gasteiger partial charge < -0.3 is 15.2 Å². The molecule has 0 aliphatic carbocycles. The van der Waals surface area contributed by atoms with Crippen molar-refractivity contribution >= 4 is 11.6 Å². The van der Waals surface area contributed by atoms with Crippen molar-refractivity contribution < 1.29 is 9.47 Å². The molecule has 0 saturated carbocycles. The molecular weight excluding hydrogens is 286 g/mol. The van der Waals surface area contributed by atoms with Crippen molar-refractivity contribution in [3.63, 3.8) is 0 Å². The monoisotopic (exact) mass is 313 g/mol. The summed E-state index contributed by atoms with van der Waals surface area (Å²) in [5.74, 6) is 1.75. The average molecular weight is 314 g/mol.